The predicted octanol–water partition coefficient (Wildman–Crippen LogP) is 3.86. The molecule has 0 aliphatic rings. The summed E-state index contributed by atoms with van der Waals surface area (Å²) in [6.45, 7) is 0.461. The molecular weight excluding hydrogens is 338 g/mol. The second-order valence-corrected chi connectivity index (χ2v) is 5.97. The van der Waals surface area contributed by atoms with Crippen LogP contribution in [0, 0.1) is 0 Å². The molecule has 0 saturated heterocycles. The molecule has 1 heterocycles. The van der Waals surface area contributed by atoms with Gasteiger partial charge in [0.2, 0.25) is 0 Å². The van der Waals surface area contributed by atoms with Gasteiger partial charge in [0.25, 0.3) is 5.56 Å². The van der Waals surface area contributed by atoms with Crippen molar-refractivity contribution >= 4 is 17.1 Å². The lowest BCUT2D eigenvalue weighted by Crippen LogP contribution is -2.17. The SMILES string of the molecule is O=c1c2ccccc2ncn1/N=C/c1ccccc1OCc1ccccc1. The van der Waals surface area contributed by atoms with Gasteiger partial charge in [-0.25, -0.2) is 4.98 Å². The van der Waals surface area contributed by atoms with Crippen LogP contribution in [0.5, 0.6) is 5.75 Å². The third-order valence-electron chi connectivity index (χ3n) is 4.13. The lowest BCUT2D eigenvalue weighted by Gasteiger charge is -2.09. The second-order valence-electron chi connectivity index (χ2n) is 5.97. The Morgan fingerprint density at radius 3 is 2.56 bits per heavy atom. The number of rotatable bonds is 5. The predicted molar refractivity (Wildman–Crippen MR) is 106 cm³/mol. The van der Waals surface area contributed by atoms with Crippen LogP contribution in [0.4, 0.5) is 0 Å². The molecule has 0 N–H and O–H groups in total. The number of nitrogens with zero attached hydrogens (tertiary/aromatic N) is 3. The summed E-state index contributed by atoms with van der Waals surface area (Å²) in [5.74, 6) is 0.701. The van der Waals surface area contributed by atoms with E-state index in [0.717, 1.165) is 11.1 Å². The minimum atomic E-state index is -0.209. The van der Waals surface area contributed by atoms with Gasteiger partial charge in [0, 0.05) is 5.56 Å². The highest BCUT2D eigenvalue weighted by molar-refractivity contribution is 5.83. The van der Waals surface area contributed by atoms with Gasteiger partial charge in [0.15, 0.2) is 0 Å². The maximum atomic E-state index is 12.5. The van der Waals surface area contributed by atoms with Crippen molar-refractivity contribution in [1.82, 2.24) is 9.66 Å². The van der Waals surface area contributed by atoms with Crippen LogP contribution in [0.1, 0.15) is 11.1 Å². The van der Waals surface area contributed by atoms with Crippen LogP contribution < -0.4 is 10.3 Å². The Labute approximate surface area is 156 Å². The molecule has 132 valence electrons. The number of ether oxygens (including phenoxy) is 1. The van der Waals surface area contributed by atoms with E-state index in [1.165, 1.54) is 11.0 Å². The number of aromatic nitrogens is 2. The molecular formula is C22H17N3O2. The van der Waals surface area contributed by atoms with Crippen molar-refractivity contribution in [1.29, 1.82) is 0 Å². The Morgan fingerprint density at radius 2 is 1.67 bits per heavy atom. The van der Waals surface area contributed by atoms with Crippen molar-refractivity contribution < 1.29 is 4.74 Å². The highest BCUT2D eigenvalue weighted by Crippen LogP contribution is 2.17. The lowest BCUT2D eigenvalue weighted by atomic mass is 10.2. The van der Waals surface area contributed by atoms with Crippen LogP contribution >= 0.6 is 0 Å². The first-order valence-electron chi connectivity index (χ1n) is 8.58. The topological polar surface area (TPSA) is 56.5 Å². The van der Waals surface area contributed by atoms with E-state index in [1.807, 2.05) is 66.7 Å². The number of fused-ring (bicyclic) bond motifs is 1. The number of hydrogen-bond acceptors (Lipinski definition) is 4. The van der Waals surface area contributed by atoms with Gasteiger partial charge in [0.05, 0.1) is 17.1 Å². The van der Waals surface area contributed by atoms with Crippen molar-refractivity contribution in [2.45, 2.75) is 6.61 Å². The molecule has 0 aliphatic carbocycles. The zero-order chi connectivity index (χ0) is 18.5. The first-order valence-corrected chi connectivity index (χ1v) is 8.58. The molecule has 0 unspecified atom stereocenters. The van der Waals surface area contributed by atoms with E-state index in [2.05, 4.69) is 10.1 Å². The molecule has 4 aromatic rings. The monoisotopic (exact) mass is 355 g/mol. The highest BCUT2D eigenvalue weighted by Gasteiger charge is 2.04. The van der Waals surface area contributed by atoms with Crippen molar-refractivity contribution in [3.8, 4) is 5.75 Å². The standard InChI is InChI=1S/C22H17N3O2/c26-22-19-11-5-6-12-20(19)23-16-25(22)24-14-18-10-4-7-13-21(18)27-15-17-8-2-1-3-9-17/h1-14,16H,15H2/b24-14+. The van der Waals surface area contributed by atoms with Gasteiger partial charge in [-0.3, -0.25) is 4.79 Å². The molecule has 1 aromatic heterocycles. The van der Waals surface area contributed by atoms with Gasteiger partial charge >= 0.3 is 0 Å². The van der Waals surface area contributed by atoms with Crippen molar-refractivity contribution in [2.24, 2.45) is 5.10 Å². The van der Waals surface area contributed by atoms with E-state index >= 15 is 0 Å². The number of hydrogen-bond donors (Lipinski definition) is 0. The molecule has 5 nitrogen and oxygen atoms in total. The van der Waals surface area contributed by atoms with Crippen LogP contribution in [0.3, 0.4) is 0 Å². The van der Waals surface area contributed by atoms with Crippen LogP contribution in [-0.2, 0) is 6.61 Å². The zero-order valence-corrected chi connectivity index (χ0v) is 14.5. The second kappa shape index (κ2) is 7.66. The summed E-state index contributed by atoms with van der Waals surface area (Å²) in [5, 5.41) is 4.81. The fourth-order valence-corrected chi connectivity index (χ4v) is 2.72. The summed E-state index contributed by atoms with van der Waals surface area (Å²) in [4.78, 5) is 16.8. The van der Waals surface area contributed by atoms with E-state index in [-0.39, 0.29) is 5.56 Å². The summed E-state index contributed by atoms with van der Waals surface area (Å²) in [6.07, 6.45) is 3.03. The molecule has 0 atom stereocenters. The lowest BCUT2D eigenvalue weighted by molar-refractivity contribution is 0.306. The quantitative estimate of drug-likeness (QED) is 0.511. The average Bonchev–Trinajstić information content (AvgIpc) is 2.73. The number of para-hydroxylation sites is 2. The van der Waals surface area contributed by atoms with Crippen molar-refractivity contribution in [3.05, 3.63) is 107 Å². The maximum absolute atomic E-state index is 12.5. The maximum Gasteiger partial charge on any atom is 0.281 e. The Balaban J connectivity index is 1.59. The Hall–Kier alpha value is -3.73. The minimum Gasteiger partial charge on any atom is -0.488 e. The van der Waals surface area contributed by atoms with Gasteiger partial charge in [-0.2, -0.15) is 9.78 Å². The summed E-state index contributed by atoms with van der Waals surface area (Å²) in [6, 6.07) is 24.7. The van der Waals surface area contributed by atoms with Gasteiger partial charge in [-0.15, -0.1) is 0 Å². The molecule has 0 saturated carbocycles. The summed E-state index contributed by atoms with van der Waals surface area (Å²) in [5.41, 5.74) is 2.31. The van der Waals surface area contributed by atoms with Gasteiger partial charge in [-0.1, -0.05) is 54.6 Å². The molecule has 0 radical (unpaired) electrons. The van der Waals surface area contributed by atoms with Crippen LogP contribution in [0.25, 0.3) is 10.9 Å². The normalized spacial score (nSPS) is 11.1. The third kappa shape index (κ3) is 3.77. The number of benzene rings is 3. The fourth-order valence-electron chi connectivity index (χ4n) is 2.72. The minimum absolute atomic E-state index is 0.209. The van der Waals surface area contributed by atoms with Crippen LogP contribution in [-0.4, -0.2) is 15.9 Å². The smallest absolute Gasteiger partial charge is 0.281 e. The van der Waals surface area contributed by atoms with Gasteiger partial charge < -0.3 is 4.74 Å². The van der Waals surface area contributed by atoms with E-state index in [0.29, 0.717) is 23.3 Å². The Bertz CT molecular complexity index is 1150. The highest BCUT2D eigenvalue weighted by atomic mass is 16.5. The molecule has 27 heavy (non-hydrogen) atoms. The largest absolute Gasteiger partial charge is 0.488 e. The van der Waals surface area contributed by atoms with Crippen LogP contribution in [0.2, 0.25) is 0 Å². The summed E-state index contributed by atoms with van der Waals surface area (Å²) < 4.78 is 7.15. The van der Waals surface area contributed by atoms with Crippen LogP contribution in [0.15, 0.2) is 95.1 Å². The van der Waals surface area contributed by atoms with Gasteiger partial charge in [0.1, 0.15) is 18.7 Å². The Kier molecular flexibility index (Phi) is 4.74. The van der Waals surface area contributed by atoms with E-state index < -0.39 is 0 Å². The van der Waals surface area contributed by atoms with Crippen molar-refractivity contribution in [3.63, 3.8) is 0 Å². The zero-order valence-electron chi connectivity index (χ0n) is 14.5. The average molecular weight is 355 g/mol. The first kappa shape index (κ1) is 16.7. The van der Waals surface area contributed by atoms with Crippen molar-refractivity contribution in [2.75, 3.05) is 0 Å². The van der Waals surface area contributed by atoms with E-state index in [4.69, 9.17) is 4.74 Å². The molecule has 0 amide bonds. The molecule has 5 heteroatoms. The van der Waals surface area contributed by atoms with E-state index in [9.17, 15) is 4.79 Å². The molecule has 0 aliphatic heterocycles. The molecule has 0 fully saturated rings. The first-order chi connectivity index (χ1) is 13.3. The molecule has 0 bridgehead atoms. The Morgan fingerprint density at radius 1 is 0.926 bits per heavy atom. The van der Waals surface area contributed by atoms with Gasteiger partial charge in [-0.05, 0) is 29.8 Å². The molecule has 0 spiro atoms. The third-order valence-corrected chi connectivity index (χ3v) is 4.13. The summed E-state index contributed by atoms with van der Waals surface area (Å²) >= 11 is 0. The molecule has 4 rings (SSSR count). The fraction of sp³-hybridized carbons (Fsp3) is 0.0455. The van der Waals surface area contributed by atoms with E-state index in [1.54, 1.807) is 18.3 Å². The summed E-state index contributed by atoms with van der Waals surface area (Å²) in [7, 11) is 0. The molecule has 3 aromatic carbocycles.